The lowest BCUT2D eigenvalue weighted by Gasteiger charge is -2.37. The Kier molecular flexibility index (Phi) is 7.24. The number of carbonyl (C=O) groups is 2. The van der Waals surface area contributed by atoms with E-state index in [1.807, 2.05) is 43.0 Å². The van der Waals surface area contributed by atoms with Crippen molar-refractivity contribution in [3.63, 3.8) is 0 Å². The maximum atomic E-state index is 12.1. The third kappa shape index (κ3) is 5.93. The van der Waals surface area contributed by atoms with Gasteiger partial charge in [0.25, 0.3) is 0 Å². The molecule has 1 aliphatic rings. The predicted octanol–water partition coefficient (Wildman–Crippen LogP) is 3.11. The standard InChI is InChI=1S/C22H26N4O3S/c1-16(2)21(28)26-13-11-25(12-14-26)18-7-5-17(6-8-18)23-22(30)24-20(27)10-9-19-4-3-15-29-19/h3-10,15-16H,11-14H2,1-2H3,(H2,23,24,27,30). The summed E-state index contributed by atoms with van der Waals surface area (Å²) in [4.78, 5) is 28.2. The minimum Gasteiger partial charge on any atom is -0.465 e. The molecule has 8 heteroatoms. The normalized spacial score (nSPS) is 14.2. The summed E-state index contributed by atoms with van der Waals surface area (Å²) >= 11 is 5.19. The summed E-state index contributed by atoms with van der Waals surface area (Å²) in [5, 5.41) is 5.82. The van der Waals surface area contributed by atoms with E-state index in [4.69, 9.17) is 16.6 Å². The fraction of sp³-hybridized carbons (Fsp3) is 0.318. The van der Waals surface area contributed by atoms with E-state index in [9.17, 15) is 9.59 Å². The molecule has 7 nitrogen and oxygen atoms in total. The fourth-order valence-electron chi connectivity index (χ4n) is 3.17. The minimum absolute atomic E-state index is 0.0341. The largest absolute Gasteiger partial charge is 0.465 e. The van der Waals surface area contributed by atoms with Crippen LogP contribution in [0.1, 0.15) is 19.6 Å². The van der Waals surface area contributed by atoms with Gasteiger partial charge in [-0.1, -0.05) is 13.8 Å². The molecule has 2 amide bonds. The van der Waals surface area contributed by atoms with Crippen LogP contribution in [0.15, 0.2) is 53.2 Å². The molecule has 1 saturated heterocycles. The van der Waals surface area contributed by atoms with E-state index in [2.05, 4.69) is 15.5 Å². The molecule has 1 aromatic carbocycles. The number of thiocarbonyl (C=S) groups is 1. The topological polar surface area (TPSA) is 77.8 Å². The van der Waals surface area contributed by atoms with Crippen molar-refractivity contribution in [1.82, 2.24) is 10.2 Å². The highest BCUT2D eigenvalue weighted by Crippen LogP contribution is 2.20. The number of hydrogen-bond donors (Lipinski definition) is 2. The van der Waals surface area contributed by atoms with Crippen LogP contribution >= 0.6 is 12.2 Å². The van der Waals surface area contributed by atoms with Crippen molar-refractivity contribution in [3.8, 4) is 0 Å². The Bertz CT molecular complexity index is 899. The molecule has 1 aromatic heterocycles. The molecule has 30 heavy (non-hydrogen) atoms. The van der Waals surface area contributed by atoms with Gasteiger partial charge in [-0.2, -0.15) is 0 Å². The molecule has 0 bridgehead atoms. The third-order valence-electron chi connectivity index (χ3n) is 4.75. The van der Waals surface area contributed by atoms with Crippen LogP contribution in [0.5, 0.6) is 0 Å². The van der Waals surface area contributed by atoms with E-state index in [1.165, 1.54) is 6.08 Å². The molecule has 2 aromatic rings. The molecule has 2 N–H and O–H groups in total. The smallest absolute Gasteiger partial charge is 0.250 e. The second-order valence-corrected chi connectivity index (χ2v) is 7.71. The first-order valence-electron chi connectivity index (χ1n) is 9.90. The molecule has 1 fully saturated rings. The van der Waals surface area contributed by atoms with Gasteiger partial charge in [0.15, 0.2) is 5.11 Å². The van der Waals surface area contributed by atoms with E-state index in [0.717, 1.165) is 37.6 Å². The van der Waals surface area contributed by atoms with Gasteiger partial charge in [-0.25, -0.2) is 0 Å². The Balaban J connectivity index is 1.47. The zero-order valence-electron chi connectivity index (χ0n) is 17.1. The Morgan fingerprint density at radius 3 is 2.40 bits per heavy atom. The maximum Gasteiger partial charge on any atom is 0.250 e. The summed E-state index contributed by atoms with van der Waals surface area (Å²) in [7, 11) is 0. The summed E-state index contributed by atoms with van der Waals surface area (Å²) in [6, 6.07) is 11.3. The number of nitrogens with one attached hydrogen (secondary N) is 2. The number of hydrogen-bond acceptors (Lipinski definition) is 5. The zero-order chi connectivity index (χ0) is 21.5. The number of amides is 2. The second-order valence-electron chi connectivity index (χ2n) is 7.31. The lowest BCUT2D eigenvalue weighted by Crippen LogP contribution is -2.49. The van der Waals surface area contributed by atoms with Crippen molar-refractivity contribution in [1.29, 1.82) is 0 Å². The van der Waals surface area contributed by atoms with Crippen LogP contribution in [-0.4, -0.2) is 48.0 Å². The number of nitrogens with zero attached hydrogens (tertiary/aromatic N) is 2. The van der Waals surface area contributed by atoms with E-state index in [1.54, 1.807) is 24.5 Å². The third-order valence-corrected chi connectivity index (χ3v) is 4.96. The predicted molar refractivity (Wildman–Crippen MR) is 122 cm³/mol. The summed E-state index contributed by atoms with van der Waals surface area (Å²) in [6.45, 7) is 6.95. The number of carbonyl (C=O) groups excluding carboxylic acids is 2. The SMILES string of the molecule is CC(C)C(=O)N1CCN(c2ccc(NC(=S)NC(=O)C=Cc3ccco3)cc2)CC1. The van der Waals surface area contributed by atoms with Gasteiger partial charge < -0.3 is 19.5 Å². The zero-order valence-corrected chi connectivity index (χ0v) is 17.9. The minimum atomic E-state index is -0.339. The fourth-order valence-corrected chi connectivity index (χ4v) is 3.38. The summed E-state index contributed by atoms with van der Waals surface area (Å²) < 4.78 is 5.14. The quantitative estimate of drug-likeness (QED) is 0.565. The monoisotopic (exact) mass is 426 g/mol. The Hall–Kier alpha value is -3.13. The van der Waals surface area contributed by atoms with Gasteiger partial charge in [0.1, 0.15) is 5.76 Å². The first-order chi connectivity index (χ1) is 14.4. The van der Waals surface area contributed by atoms with Crippen molar-refractivity contribution >= 4 is 46.6 Å². The first kappa shape index (κ1) is 21.6. The molecular formula is C22H26N4O3S. The van der Waals surface area contributed by atoms with Crippen LogP contribution in [0.4, 0.5) is 11.4 Å². The number of rotatable bonds is 5. The van der Waals surface area contributed by atoms with Gasteiger partial charge in [-0.3, -0.25) is 14.9 Å². The molecule has 2 heterocycles. The van der Waals surface area contributed by atoms with Crippen LogP contribution < -0.4 is 15.5 Å². The molecule has 0 radical (unpaired) electrons. The second kappa shape index (κ2) is 10.1. The van der Waals surface area contributed by atoms with Crippen molar-refractivity contribution in [3.05, 3.63) is 54.5 Å². The number of furan rings is 1. The molecule has 158 valence electrons. The first-order valence-corrected chi connectivity index (χ1v) is 10.3. The van der Waals surface area contributed by atoms with Crippen molar-refractivity contribution in [2.24, 2.45) is 5.92 Å². The van der Waals surface area contributed by atoms with Gasteiger partial charge in [0.2, 0.25) is 11.8 Å². The van der Waals surface area contributed by atoms with Gasteiger partial charge >= 0.3 is 0 Å². The number of piperazine rings is 1. The van der Waals surface area contributed by atoms with Gasteiger partial charge in [-0.15, -0.1) is 0 Å². The van der Waals surface area contributed by atoms with Crippen LogP contribution in [0.2, 0.25) is 0 Å². The van der Waals surface area contributed by atoms with Gasteiger partial charge in [-0.05, 0) is 54.7 Å². The highest BCUT2D eigenvalue weighted by Gasteiger charge is 2.22. The number of benzene rings is 1. The van der Waals surface area contributed by atoms with E-state index in [0.29, 0.717) is 5.76 Å². The van der Waals surface area contributed by atoms with Crippen LogP contribution in [0, 0.1) is 5.92 Å². The Labute approximate surface area is 181 Å². The molecule has 0 atom stereocenters. The van der Waals surface area contributed by atoms with Crippen molar-refractivity contribution in [2.75, 3.05) is 36.4 Å². The molecule has 0 spiro atoms. The van der Waals surface area contributed by atoms with Gasteiger partial charge in [0.05, 0.1) is 6.26 Å². The van der Waals surface area contributed by atoms with Crippen LogP contribution in [0.3, 0.4) is 0 Å². The highest BCUT2D eigenvalue weighted by molar-refractivity contribution is 7.80. The molecular weight excluding hydrogens is 400 g/mol. The average molecular weight is 427 g/mol. The summed E-state index contributed by atoms with van der Waals surface area (Å²) in [6.07, 6.45) is 4.47. The van der Waals surface area contributed by atoms with E-state index >= 15 is 0 Å². The molecule has 0 unspecified atom stereocenters. The van der Waals surface area contributed by atoms with E-state index < -0.39 is 0 Å². The lowest BCUT2D eigenvalue weighted by molar-refractivity contribution is -0.134. The Morgan fingerprint density at radius 2 is 1.80 bits per heavy atom. The molecule has 3 rings (SSSR count). The molecule has 0 saturated carbocycles. The Morgan fingerprint density at radius 1 is 1.10 bits per heavy atom. The van der Waals surface area contributed by atoms with Crippen molar-refractivity contribution in [2.45, 2.75) is 13.8 Å². The van der Waals surface area contributed by atoms with Crippen LogP contribution in [0.25, 0.3) is 6.08 Å². The summed E-state index contributed by atoms with van der Waals surface area (Å²) in [5.41, 5.74) is 1.88. The van der Waals surface area contributed by atoms with Gasteiger partial charge in [0, 0.05) is 49.5 Å². The summed E-state index contributed by atoms with van der Waals surface area (Å²) in [5.74, 6) is 0.499. The average Bonchev–Trinajstić information content (AvgIpc) is 3.26. The maximum absolute atomic E-state index is 12.1. The van der Waals surface area contributed by atoms with Crippen molar-refractivity contribution < 1.29 is 14.0 Å². The van der Waals surface area contributed by atoms with Crippen LogP contribution in [-0.2, 0) is 9.59 Å². The van der Waals surface area contributed by atoms with E-state index in [-0.39, 0.29) is 22.8 Å². The molecule has 0 aliphatic carbocycles. The lowest BCUT2D eigenvalue weighted by atomic mass is 10.1. The molecule has 1 aliphatic heterocycles. The number of anilines is 2. The highest BCUT2D eigenvalue weighted by atomic mass is 32.1.